The minimum Gasteiger partial charge on any atom is -0.106 e. The molecule has 0 heteroatoms. The summed E-state index contributed by atoms with van der Waals surface area (Å²) in [6.07, 6.45) is 2.96. The van der Waals surface area contributed by atoms with Crippen LogP contribution in [0.4, 0.5) is 0 Å². The van der Waals surface area contributed by atoms with Crippen LogP contribution in [0.2, 0.25) is 0 Å². The summed E-state index contributed by atoms with van der Waals surface area (Å²) in [5.74, 6) is 0. The van der Waals surface area contributed by atoms with Gasteiger partial charge in [-0.2, -0.15) is 0 Å². The lowest BCUT2D eigenvalue weighted by atomic mass is 10.5. The Kier molecular flexibility index (Phi) is 3390. The monoisotopic (exact) mass is 234 g/mol. The molecule has 0 saturated carbocycles. The summed E-state index contributed by atoms with van der Waals surface area (Å²) in [5.41, 5.74) is 0. The van der Waals surface area contributed by atoms with Crippen molar-refractivity contribution in [1.82, 2.24) is 0 Å². The summed E-state index contributed by atoms with van der Waals surface area (Å²) in [7, 11) is 0. The van der Waals surface area contributed by atoms with Crippen LogP contribution in [0.15, 0.2) is 25.8 Å². The molecule has 0 unspecified atom stereocenters. The third-order valence-corrected chi connectivity index (χ3v) is 0.289. The molecule has 0 atom stereocenters. The average Bonchev–Trinajstić information content (AvgIpc) is 2.51. The maximum absolute atomic E-state index is 3.48. The highest BCUT2D eigenvalue weighted by Gasteiger charge is 1.45. The van der Waals surface area contributed by atoms with Crippen LogP contribution in [0.3, 0.4) is 0 Å². The van der Waals surface area contributed by atoms with Crippen molar-refractivity contribution in [3.8, 4) is 0 Å². The van der Waals surface area contributed by atoms with Gasteiger partial charge in [0, 0.05) is 0 Å². The van der Waals surface area contributed by atoms with Gasteiger partial charge in [0.15, 0.2) is 0 Å². The number of rotatable bonds is 1. The van der Waals surface area contributed by atoms with Gasteiger partial charge in [-0.25, -0.2) is 0 Å². The van der Waals surface area contributed by atoms with E-state index < -0.39 is 0 Å². The molecule has 0 aromatic carbocycles. The normalized spacial score (nSPS) is 3.69. The molecule has 16 heavy (non-hydrogen) atoms. The summed E-state index contributed by atoms with van der Waals surface area (Å²) in [4.78, 5) is 0. The first-order valence-electron chi connectivity index (χ1n) is 7.02. The van der Waals surface area contributed by atoms with E-state index in [0.717, 1.165) is 6.42 Å². The maximum atomic E-state index is 3.48. The van der Waals surface area contributed by atoms with Crippen molar-refractivity contribution in [2.45, 2.75) is 82.6 Å². The second kappa shape index (κ2) is 1200. The van der Waals surface area contributed by atoms with Crippen LogP contribution in [-0.2, 0) is 0 Å². The van der Waals surface area contributed by atoms with E-state index in [9.17, 15) is 0 Å². The second-order valence-electron chi connectivity index (χ2n) is 0.697. The summed E-state index contributed by atoms with van der Waals surface area (Å²) in [5, 5.41) is 0. The van der Waals surface area contributed by atoms with Crippen molar-refractivity contribution in [2.24, 2.45) is 0 Å². The Balaban J connectivity index is -0.0000000122. The van der Waals surface area contributed by atoms with Crippen molar-refractivity contribution >= 4 is 0 Å². The highest BCUT2D eigenvalue weighted by Crippen LogP contribution is 1.66. The fraction of sp³-hybridized carbons (Fsp3) is 0.750. The molecule has 0 aliphatic rings. The van der Waals surface area contributed by atoms with Crippen molar-refractivity contribution in [2.75, 3.05) is 0 Å². The zero-order valence-corrected chi connectivity index (χ0v) is 14.4. The average molecular weight is 235 g/mol. The molecule has 0 spiro atoms. The topological polar surface area (TPSA) is 0 Å². The molecule has 0 aliphatic heterocycles. The standard InChI is InChI=1S/C4H8.5C2H6.C2H4/c1-3-4-2;6*1-2/h3H,1,4H2,2H3;5*1-2H3;1-2H2. The lowest BCUT2D eigenvalue weighted by molar-refractivity contribution is 1.23. The smallest absolute Gasteiger partial charge is 0.0382 e. The minimum absolute atomic E-state index is 1.08. The highest BCUT2D eigenvalue weighted by atomic mass is 13.5. The summed E-state index contributed by atoms with van der Waals surface area (Å²) >= 11 is 0. The third kappa shape index (κ3) is 9110. The van der Waals surface area contributed by atoms with E-state index >= 15 is 0 Å². The van der Waals surface area contributed by atoms with Crippen molar-refractivity contribution < 1.29 is 0 Å². The zero-order chi connectivity index (χ0) is 15.4. The van der Waals surface area contributed by atoms with Crippen LogP contribution in [0.5, 0.6) is 0 Å². The number of hydrogen-bond acceptors (Lipinski definition) is 0. The fourth-order valence-electron chi connectivity index (χ4n) is 0. The molecule has 106 valence electrons. The summed E-state index contributed by atoms with van der Waals surface area (Å²) in [6, 6.07) is 0. The Labute approximate surface area is 109 Å². The van der Waals surface area contributed by atoms with Gasteiger partial charge in [-0.15, -0.1) is 19.7 Å². The number of allylic oxidation sites excluding steroid dienone is 1. The van der Waals surface area contributed by atoms with E-state index in [1.54, 1.807) is 0 Å². The molecule has 0 saturated heterocycles. The van der Waals surface area contributed by atoms with E-state index in [1.165, 1.54) is 0 Å². The Morgan fingerprint density at radius 3 is 0.688 bits per heavy atom. The van der Waals surface area contributed by atoms with Crippen LogP contribution in [-0.4, -0.2) is 0 Å². The van der Waals surface area contributed by atoms with Gasteiger partial charge in [0.1, 0.15) is 0 Å². The summed E-state index contributed by atoms with van der Waals surface area (Å²) < 4.78 is 0. The van der Waals surface area contributed by atoms with Crippen molar-refractivity contribution in [1.29, 1.82) is 0 Å². The minimum atomic E-state index is 1.08. The molecular formula is C16H42. The van der Waals surface area contributed by atoms with Gasteiger partial charge in [-0.05, 0) is 6.42 Å². The Morgan fingerprint density at radius 1 is 0.625 bits per heavy atom. The molecule has 0 fully saturated rings. The van der Waals surface area contributed by atoms with Crippen LogP contribution < -0.4 is 0 Å². The van der Waals surface area contributed by atoms with Crippen molar-refractivity contribution in [3.63, 3.8) is 0 Å². The van der Waals surface area contributed by atoms with Crippen LogP contribution in [0.25, 0.3) is 0 Å². The van der Waals surface area contributed by atoms with Gasteiger partial charge in [0.2, 0.25) is 0 Å². The molecule has 0 aliphatic carbocycles. The van der Waals surface area contributed by atoms with Gasteiger partial charge in [-0.3, -0.25) is 0 Å². The molecule has 0 aromatic rings. The van der Waals surface area contributed by atoms with Gasteiger partial charge in [0.25, 0.3) is 0 Å². The molecule has 0 bridgehead atoms. The van der Waals surface area contributed by atoms with E-state index in [1.807, 2.05) is 75.3 Å². The predicted molar refractivity (Wildman–Crippen MR) is 88.5 cm³/mol. The zero-order valence-electron chi connectivity index (χ0n) is 14.4. The van der Waals surface area contributed by atoms with Gasteiger partial charge < -0.3 is 0 Å². The van der Waals surface area contributed by atoms with Crippen LogP contribution in [0, 0.1) is 0 Å². The largest absolute Gasteiger partial charge is 0.106 e. The van der Waals surface area contributed by atoms with Crippen LogP contribution >= 0.6 is 0 Å². The van der Waals surface area contributed by atoms with E-state index in [0.29, 0.717) is 0 Å². The Morgan fingerprint density at radius 2 is 0.688 bits per heavy atom. The highest BCUT2D eigenvalue weighted by molar-refractivity contribution is 4.60. The third-order valence-electron chi connectivity index (χ3n) is 0.289. The molecule has 0 nitrogen and oxygen atoms in total. The summed E-state index contributed by atoms with van der Waals surface area (Å²) in [6.45, 7) is 31.5. The van der Waals surface area contributed by atoms with Gasteiger partial charge in [0.05, 0.1) is 0 Å². The first-order chi connectivity index (χ1) is 7.91. The molecule has 0 amide bonds. The first-order valence-corrected chi connectivity index (χ1v) is 7.02. The second-order valence-corrected chi connectivity index (χ2v) is 0.697. The van der Waals surface area contributed by atoms with E-state index in [4.69, 9.17) is 0 Å². The molecule has 0 radical (unpaired) electrons. The van der Waals surface area contributed by atoms with E-state index in [2.05, 4.69) is 26.7 Å². The SMILES string of the molecule is C=C.C=CCC.CC.CC.CC.CC.CC. The Bertz CT molecular complexity index is 21.2. The fourth-order valence-corrected chi connectivity index (χ4v) is 0. The van der Waals surface area contributed by atoms with Crippen LogP contribution in [0.1, 0.15) is 82.6 Å². The molecule has 0 heterocycles. The molecule has 0 rings (SSSR count). The lowest BCUT2D eigenvalue weighted by Gasteiger charge is -1.57. The van der Waals surface area contributed by atoms with Gasteiger partial charge >= 0.3 is 0 Å². The van der Waals surface area contributed by atoms with Gasteiger partial charge in [-0.1, -0.05) is 82.2 Å². The first kappa shape index (κ1) is 45.1. The lowest BCUT2D eigenvalue weighted by Crippen LogP contribution is -1.36. The number of hydrogen-bond donors (Lipinski definition) is 0. The quantitative estimate of drug-likeness (QED) is 0.412. The van der Waals surface area contributed by atoms with Crippen molar-refractivity contribution in [3.05, 3.63) is 25.8 Å². The maximum Gasteiger partial charge on any atom is -0.0382 e. The van der Waals surface area contributed by atoms with E-state index in [-0.39, 0.29) is 0 Å². The molecule has 0 aromatic heterocycles. The molecule has 0 N–H and O–H groups in total. The molecular weight excluding hydrogens is 192 g/mol. The Hall–Kier alpha value is -0.520. The predicted octanol–water partition coefficient (Wildman–Crippen LogP) is 7.52.